The van der Waals surface area contributed by atoms with Crippen LogP contribution in [0.1, 0.15) is 16.7 Å². The van der Waals surface area contributed by atoms with Gasteiger partial charge in [-0.3, -0.25) is 0 Å². The molecule has 0 saturated carbocycles. The zero-order valence-electron chi connectivity index (χ0n) is 8.80. The Labute approximate surface area is 86.9 Å². The maximum atomic E-state index is 13.5. The minimum absolute atomic E-state index is 0.297. The third kappa shape index (κ3) is 1.98. The number of ether oxygens (including phenoxy) is 1. The standard InChI is InChI=1S/C11H12F2O2/c1-7-5-4-6-9(8(7)2)11(12,13)10(14)15-3/h4-6H,1-3H3. The van der Waals surface area contributed by atoms with E-state index >= 15 is 0 Å². The highest BCUT2D eigenvalue weighted by atomic mass is 19.3. The van der Waals surface area contributed by atoms with Crippen LogP contribution in [-0.4, -0.2) is 13.1 Å². The molecule has 2 nitrogen and oxygen atoms in total. The van der Waals surface area contributed by atoms with Gasteiger partial charge in [0.05, 0.1) is 7.11 Å². The van der Waals surface area contributed by atoms with Crippen molar-refractivity contribution in [1.29, 1.82) is 0 Å². The van der Waals surface area contributed by atoms with Crippen molar-refractivity contribution in [3.63, 3.8) is 0 Å². The van der Waals surface area contributed by atoms with Gasteiger partial charge in [0, 0.05) is 5.56 Å². The van der Waals surface area contributed by atoms with Crippen LogP contribution in [0.25, 0.3) is 0 Å². The highest BCUT2D eigenvalue weighted by molar-refractivity contribution is 5.79. The number of rotatable bonds is 2. The number of benzene rings is 1. The molecule has 0 bridgehead atoms. The lowest BCUT2D eigenvalue weighted by Gasteiger charge is -2.17. The average Bonchev–Trinajstić information content (AvgIpc) is 2.20. The fourth-order valence-electron chi connectivity index (χ4n) is 1.33. The zero-order valence-corrected chi connectivity index (χ0v) is 8.80. The van der Waals surface area contributed by atoms with Gasteiger partial charge in [-0.15, -0.1) is 0 Å². The second kappa shape index (κ2) is 3.96. The summed E-state index contributed by atoms with van der Waals surface area (Å²) in [7, 11) is 0.946. The van der Waals surface area contributed by atoms with Crippen LogP contribution in [0.5, 0.6) is 0 Å². The first-order chi connectivity index (χ1) is 6.91. The highest BCUT2D eigenvalue weighted by Gasteiger charge is 2.43. The quantitative estimate of drug-likeness (QED) is 0.707. The summed E-state index contributed by atoms with van der Waals surface area (Å²) in [5.41, 5.74) is 0.832. The number of esters is 1. The number of alkyl halides is 2. The molecule has 1 aromatic rings. The number of carbonyl (C=O) groups excluding carboxylic acids is 1. The van der Waals surface area contributed by atoms with Crippen molar-refractivity contribution in [3.8, 4) is 0 Å². The minimum atomic E-state index is -3.58. The molecule has 0 saturated heterocycles. The summed E-state index contributed by atoms with van der Waals surface area (Å²) in [6.07, 6.45) is 0. The van der Waals surface area contributed by atoms with E-state index in [9.17, 15) is 13.6 Å². The molecule has 0 amide bonds. The van der Waals surface area contributed by atoms with Crippen LogP contribution in [0, 0.1) is 13.8 Å². The van der Waals surface area contributed by atoms with Crippen molar-refractivity contribution < 1.29 is 18.3 Å². The van der Waals surface area contributed by atoms with Crippen LogP contribution >= 0.6 is 0 Å². The van der Waals surface area contributed by atoms with Crippen molar-refractivity contribution in [2.45, 2.75) is 19.8 Å². The molecule has 4 heteroatoms. The average molecular weight is 214 g/mol. The smallest absolute Gasteiger partial charge is 0.381 e. The van der Waals surface area contributed by atoms with Crippen LogP contribution in [0.2, 0.25) is 0 Å². The normalized spacial score (nSPS) is 11.3. The minimum Gasteiger partial charge on any atom is -0.464 e. The molecule has 82 valence electrons. The van der Waals surface area contributed by atoms with E-state index in [1.165, 1.54) is 12.1 Å². The van der Waals surface area contributed by atoms with Gasteiger partial charge in [0.1, 0.15) is 0 Å². The van der Waals surface area contributed by atoms with E-state index in [1.54, 1.807) is 19.9 Å². The largest absolute Gasteiger partial charge is 0.464 e. The first kappa shape index (κ1) is 11.6. The number of hydrogen-bond donors (Lipinski definition) is 0. The molecule has 1 rings (SSSR count). The fourth-order valence-corrected chi connectivity index (χ4v) is 1.33. The first-order valence-corrected chi connectivity index (χ1v) is 4.44. The third-order valence-electron chi connectivity index (χ3n) is 2.38. The topological polar surface area (TPSA) is 26.3 Å². The summed E-state index contributed by atoms with van der Waals surface area (Å²) >= 11 is 0. The Morgan fingerprint density at radius 3 is 2.47 bits per heavy atom. The molecule has 0 aliphatic rings. The molecule has 0 aliphatic carbocycles. The van der Waals surface area contributed by atoms with Crippen molar-refractivity contribution in [2.24, 2.45) is 0 Å². The predicted molar refractivity (Wildman–Crippen MR) is 51.8 cm³/mol. The summed E-state index contributed by atoms with van der Waals surface area (Å²) in [4.78, 5) is 10.9. The first-order valence-electron chi connectivity index (χ1n) is 4.44. The molecule has 0 fully saturated rings. The molecule has 0 aromatic heterocycles. The maximum absolute atomic E-state index is 13.5. The van der Waals surface area contributed by atoms with Crippen LogP contribution in [0.3, 0.4) is 0 Å². The summed E-state index contributed by atoms with van der Waals surface area (Å²) in [5.74, 6) is -5.11. The van der Waals surface area contributed by atoms with E-state index in [0.29, 0.717) is 5.56 Å². The molecule has 0 atom stereocenters. The van der Waals surface area contributed by atoms with Crippen molar-refractivity contribution in [2.75, 3.05) is 7.11 Å². The van der Waals surface area contributed by atoms with Gasteiger partial charge in [0.25, 0.3) is 0 Å². The van der Waals surface area contributed by atoms with Crippen LogP contribution in [0.15, 0.2) is 18.2 Å². The Morgan fingerprint density at radius 1 is 1.33 bits per heavy atom. The molecular formula is C11H12F2O2. The Kier molecular flexibility index (Phi) is 3.07. The molecular weight excluding hydrogens is 202 g/mol. The molecule has 15 heavy (non-hydrogen) atoms. The van der Waals surface area contributed by atoms with Crippen molar-refractivity contribution >= 4 is 5.97 Å². The summed E-state index contributed by atoms with van der Waals surface area (Å²) in [6, 6.07) is 4.44. The fraction of sp³-hybridized carbons (Fsp3) is 0.364. The van der Waals surface area contributed by atoms with E-state index in [2.05, 4.69) is 4.74 Å². The Hall–Kier alpha value is -1.45. The highest BCUT2D eigenvalue weighted by Crippen LogP contribution is 2.32. The molecule has 0 spiro atoms. The second-order valence-corrected chi connectivity index (χ2v) is 3.31. The van der Waals surface area contributed by atoms with Gasteiger partial charge in [-0.05, 0) is 25.0 Å². The van der Waals surface area contributed by atoms with E-state index in [1.807, 2.05) is 0 Å². The Balaban J connectivity index is 3.27. The molecule has 0 heterocycles. The number of methoxy groups -OCH3 is 1. The number of hydrogen-bond acceptors (Lipinski definition) is 2. The van der Waals surface area contributed by atoms with E-state index in [-0.39, 0.29) is 5.56 Å². The lowest BCUT2D eigenvalue weighted by atomic mass is 9.98. The van der Waals surface area contributed by atoms with Gasteiger partial charge < -0.3 is 4.74 Å². The van der Waals surface area contributed by atoms with Crippen LogP contribution < -0.4 is 0 Å². The number of aryl methyl sites for hydroxylation is 1. The van der Waals surface area contributed by atoms with E-state index in [0.717, 1.165) is 12.7 Å². The van der Waals surface area contributed by atoms with E-state index in [4.69, 9.17) is 0 Å². The maximum Gasteiger partial charge on any atom is 0.381 e. The number of halogens is 2. The van der Waals surface area contributed by atoms with Crippen LogP contribution in [-0.2, 0) is 15.5 Å². The second-order valence-electron chi connectivity index (χ2n) is 3.31. The molecule has 0 unspecified atom stereocenters. The van der Waals surface area contributed by atoms with Gasteiger partial charge in [-0.2, -0.15) is 8.78 Å². The van der Waals surface area contributed by atoms with Gasteiger partial charge in [-0.25, -0.2) is 4.79 Å². The molecule has 0 radical (unpaired) electrons. The van der Waals surface area contributed by atoms with Gasteiger partial charge >= 0.3 is 11.9 Å². The lowest BCUT2D eigenvalue weighted by Crippen LogP contribution is -2.28. The summed E-state index contributed by atoms with van der Waals surface area (Å²) < 4.78 is 31.1. The monoisotopic (exact) mass is 214 g/mol. The lowest BCUT2D eigenvalue weighted by molar-refractivity contribution is -0.170. The van der Waals surface area contributed by atoms with Crippen molar-refractivity contribution in [3.05, 3.63) is 34.9 Å². The van der Waals surface area contributed by atoms with E-state index < -0.39 is 11.9 Å². The molecule has 0 aliphatic heterocycles. The van der Waals surface area contributed by atoms with Gasteiger partial charge in [-0.1, -0.05) is 18.2 Å². The number of carbonyl (C=O) groups is 1. The Bertz CT molecular complexity index is 386. The summed E-state index contributed by atoms with van der Waals surface area (Å²) in [6.45, 7) is 3.27. The van der Waals surface area contributed by atoms with Gasteiger partial charge in [0.2, 0.25) is 0 Å². The zero-order chi connectivity index (χ0) is 11.6. The predicted octanol–water partition coefficient (Wildman–Crippen LogP) is 2.57. The Morgan fingerprint density at radius 2 is 1.93 bits per heavy atom. The van der Waals surface area contributed by atoms with Gasteiger partial charge in [0.15, 0.2) is 0 Å². The molecule has 1 aromatic carbocycles. The summed E-state index contributed by atoms with van der Waals surface area (Å²) in [5, 5.41) is 0. The van der Waals surface area contributed by atoms with Crippen molar-refractivity contribution in [1.82, 2.24) is 0 Å². The molecule has 0 N–H and O–H groups in total. The SMILES string of the molecule is COC(=O)C(F)(F)c1cccc(C)c1C. The third-order valence-corrected chi connectivity index (χ3v) is 2.38. The van der Waals surface area contributed by atoms with Crippen LogP contribution in [0.4, 0.5) is 8.78 Å².